The first-order valence-corrected chi connectivity index (χ1v) is 13.4. The van der Waals surface area contributed by atoms with Crippen molar-refractivity contribution in [3.8, 4) is 5.75 Å². The molecule has 41 heavy (non-hydrogen) atoms. The van der Waals surface area contributed by atoms with E-state index in [2.05, 4.69) is 10.6 Å². The number of primary amides is 1. The van der Waals surface area contributed by atoms with Crippen LogP contribution < -0.4 is 21.3 Å². The van der Waals surface area contributed by atoms with E-state index in [0.717, 1.165) is 0 Å². The quantitative estimate of drug-likeness (QED) is 0.196. The smallest absolute Gasteiger partial charge is 0.255 e. The van der Waals surface area contributed by atoms with Gasteiger partial charge in [0.1, 0.15) is 22.8 Å². The normalized spacial score (nSPS) is 25.6. The van der Waals surface area contributed by atoms with Crippen molar-refractivity contribution in [2.75, 3.05) is 46.2 Å². The van der Waals surface area contributed by atoms with Gasteiger partial charge in [-0.3, -0.25) is 24.1 Å². The van der Waals surface area contributed by atoms with E-state index >= 15 is 0 Å². The van der Waals surface area contributed by atoms with Gasteiger partial charge in [-0.15, -0.1) is 0 Å². The van der Waals surface area contributed by atoms with Crippen LogP contribution in [0.3, 0.4) is 0 Å². The van der Waals surface area contributed by atoms with Crippen molar-refractivity contribution in [3.63, 3.8) is 0 Å². The van der Waals surface area contributed by atoms with Crippen LogP contribution in [0.4, 0.5) is 5.69 Å². The number of likely N-dealkylation sites (N-methyl/N-ethyl adjacent to an activating group) is 2. The molecule has 222 valence electrons. The Morgan fingerprint density at radius 3 is 2.37 bits per heavy atom. The molecular formula is C28H37N5O8. The third kappa shape index (κ3) is 4.63. The van der Waals surface area contributed by atoms with Crippen LogP contribution >= 0.6 is 0 Å². The molecule has 4 atom stereocenters. The fraction of sp³-hybridized carbons (Fsp3) is 0.500. The highest BCUT2D eigenvalue weighted by Gasteiger charge is 2.63. The Labute approximate surface area is 237 Å². The molecular weight excluding hydrogens is 534 g/mol. The predicted octanol–water partition coefficient (Wildman–Crippen LogP) is -0.588. The topological polar surface area (TPSA) is 206 Å². The van der Waals surface area contributed by atoms with Crippen LogP contribution in [-0.2, 0) is 27.3 Å². The number of allylic oxidation sites excluding steroid dienone is 1. The highest BCUT2D eigenvalue weighted by molar-refractivity contribution is 6.25. The lowest BCUT2D eigenvalue weighted by atomic mass is 9.58. The van der Waals surface area contributed by atoms with Gasteiger partial charge < -0.3 is 41.7 Å². The van der Waals surface area contributed by atoms with Crippen molar-refractivity contribution in [2.24, 2.45) is 17.6 Å². The number of anilines is 1. The van der Waals surface area contributed by atoms with Crippen molar-refractivity contribution in [3.05, 3.63) is 45.4 Å². The van der Waals surface area contributed by atoms with Crippen LogP contribution in [0.5, 0.6) is 5.75 Å². The molecule has 0 aromatic heterocycles. The van der Waals surface area contributed by atoms with Crippen LogP contribution in [0.2, 0.25) is 0 Å². The van der Waals surface area contributed by atoms with Crippen LogP contribution in [-0.4, -0.2) is 102 Å². The zero-order valence-corrected chi connectivity index (χ0v) is 23.7. The molecule has 3 aliphatic rings. The zero-order valence-electron chi connectivity index (χ0n) is 23.7. The second-order valence-electron chi connectivity index (χ2n) is 11.2. The lowest BCUT2D eigenvalue weighted by Crippen LogP contribution is -2.63. The highest BCUT2D eigenvalue weighted by atomic mass is 16.3. The third-order valence-corrected chi connectivity index (χ3v) is 8.27. The SMILES string of the molecule is CCNCC(=O)NCc1cc(N(C)C)c2c(c1O)C(=O)C1=C(O)[C@]3(O)C(=O)C(C(N)=O)=C(O)[C@@H](N(C)C)[C@@H]3C[C@@H]1C2. The fourth-order valence-corrected chi connectivity index (χ4v) is 6.38. The van der Waals surface area contributed by atoms with Crippen molar-refractivity contribution in [1.82, 2.24) is 15.5 Å². The summed E-state index contributed by atoms with van der Waals surface area (Å²) in [5, 5.41) is 50.9. The maximum absolute atomic E-state index is 14.0. The highest BCUT2D eigenvalue weighted by Crippen LogP contribution is 2.53. The number of ketones is 2. The summed E-state index contributed by atoms with van der Waals surface area (Å²) in [6.45, 7) is 2.45. The number of nitrogens with two attached hydrogens (primary N) is 1. The number of hydrogen-bond acceptors (Lipinski definition) is 11. The number of nitrogens with zero attached hydrogens (tertiary/aromatic N) is 2. The number of phenolic OH excluding ortho intramolecular Hbond substituents is 1. The van der Waals surface area contributed by atoms with Crippen LogP contribution in [0, 0.1) is 11.8 Å². The van der Waals surface area contributed by atoms with Gasteiger partial charge in [0.15, 0.2) is 11.4 Å². The van der Waals surface area contributed by atoms with Gasteiger partial charge in [-0.25, -0.2) is 0 Å². The van der Waals surface area contributed by atoms with Crippen molar-refractivity contribution < 1.29 is 39.6 Å². The summed E-state index contributed by atoms with van der Waals surface area (Å²) in [7, 11) is 6.69. The van der Waals surface area contributed by atoms with Gasteiger partial charge in [-0.1, -0.05) is 6.92 Å². The molecule has 0 saturated carbocycles. The molecule has 3 aliphatic carbocycles. The average molecular weight is 572 g/mol. The Bertz CT molecular complexity index is 1400. The summed E-state index contributed by atoms with van der Waals surface area (Å²) >= 11 is 0. The molecule has 4 rings (SSSR count). The summed E-state index contributed by atoms with van der Waals surface area (Å²) < 4.78 is 0. The molecule has 2 amide bonds. The number of aliphatic hydroxyl groups excluding tert-OH is 2. The number of phenols is 1. The molecule has 0 spiro atoms. The average Bonchev–Trinajstić information content (AvgIpc) is 2.88. The molecule has 0 bridgehead atoms. The standard InChI is InChI=1S/C28H37N5O8/c1-6-30-11-17(34)31-10-13-9-16(32(2)3)14-7-12-8-15-21(33(4)5)24(37)20(27(29)40)26(39)28(15,41)25(38)18(12)23(36)19(14)22(13)35/h9,12,15,21,30,35,37-38,41H,6-8,10-11H2,1-5H3,(H2,29,40)(H,31,34)/t12-,15-,21-,28-/m0/s1. The number of aromatic hydroxyl groups is 1. The Morgan fingerprint density at radius 1 is 1.15 bits per heavy atom. The molecule has 0 fully saturated rings. The van der Waals surface area contributed by atoms with Gasteiger partial charge in [0.25, 0.3) is 5.91 Å². The first-order chi connectivity index (χ1) is 19.2. The number of amides is 2. The Hall–Kier alpha value is -3.94. The summed E-state index contributed by atoms with van der Waals surface area (Å²) in [6.07, 6.45) is 0.171. The number of nitrogens with one attached hydrogen (secondary N) is 2. The molecule has 0 unspecified atom stereocenters. The Kier molecular flexibility index (Phi) is 7.91. The summed E-state index contributed by atoms with van der Waals surface area (Å²) in [4.78, 5) is 55.1. The van der Waals surface area contributed by atoms with Gasteiger partial charge in [-0.2, -0.15) is 0 Å². The number of hydrogen-bond donors (Lipinski definition) is 7. The second kappa shape index (κ2) is 10.8. The maximum atomic E-state index is 14.0. The van der Waals surface area contributed by atoms with Gasteiger partial charge in [-0.05, 0) is 51.0 Å². The monoisotopic (exact) mass is 571 g/mol. The molecule has 8 N–H and O–H groups in total. The number of carbonyl (C=O) groups excluding carboxylic acids is 4. The number of benzene rings is 1. The van der Waals surface area contributed by atoms with E-state index in [-0.39, 0.29) is 54.3 Å². The lowest BCUT2D eigenvalue weighted by molar-refractivity contribution is -0.148. The molecule has 0 heterocycles. The number of Topliss-reactive ketones (excluding diaryl/α,β-unsaturated/α-hetero) is 2. The minimum atomic E-state index is -2.71. The van der Waals surface area contributed by atoms with E-state index in [1.807, 2.05) is 6.92 Å². The molecule has 1 aromatic rings. The van der Waals surface area contributed by atoms with Crippen LogP contribution in [0.15, 0.2) is 28.7 Å². The van der Waals surface area contributed by atoms with Gasteiger partial charge in [0.2, 0.25) is 11.7 Å². The van der Waals surface area contributed by atoms with E-state index in [0.29, 0.717) is 17.8 Å². The molecule has 13 heteroatoms. The summed E-state index contributed by atoms with van der Waals surface area (Å²) in [6, 6.07) is 0.624. The largest absolute Gasteiger partial charge is 0.510 e. The fourth-order valence-electron chi connectivity index (χ4n) is 6.38. The van der Waals surface area contributed by atoms with Gasteiger partial charge >= 0.3 is 0 Å². The number of rotatable bonds is 8. The van der Waals surface area contributed by atoms with E-state index in [1.165, 1.54) is 4.90 Å². The minimum absolute atomic E-state index is 0.00162. The number of carbonyl (C=O) groups is 4. The van der Waals surface area contributed by atoms with Gasteiger partial charge in [0.05, 0.1) is 18.2 Å². The predicted molar refractivity (Wildman–Crippen MR) is 148 cm³/mol. The molecule has 0 saturated heterocycles. The van der Waals surface area contributed by atoms with Crippen LogP contribution in [0.1, 0.15) is 34.8 Å². The van der Waals surface area contributed by atoms with Crippen LogP contribution in [0.25, 0.3) is 0 Å². The summed E-state index contributed by atoms with van der Waals surface area (Å²) in [5.41, 5.74) is 2.86. The summed E-state index contributed by atoms with van der Waals surface area (Å²) in [5.74, 6) is -7.36. The lowest BCUT2D eigenvalue weighted by Gasteiger charge is -2.50. The molecule has 0 aliphatic heterocycles. The molecule has 0 radical (unpaired) electrons. The first-order valence-electron chi connectivity index (χ1n) is 13.4. The number of aliphatic hydroxyl groups is 3. The molecule has 1 aromatic carbocycles. The molecule has 13 nitrogen and oxygen atoms in total. The third-order valence-electron chi connectivity index (χ3n) is 8.27. The van der Waals surface area contributed by atoms with Crippen molar-refractivity contribution in [2.45, 2.75) is 38.0 Å². The Morgan fingerprint density at radius 2 is 1.80 bits per heavy atom. The van der Waals surface area contributed by atoms with E-state index in [1.54, 1.807) is 39.2 Å². The van der Waals surface area contributed by atoms with Crippen molar-refractivity contribution >= 4 is 29.1 Å². The van der Waals surface area contributed by atoms with E-state index < -0.39 is 58.0 Å². The van der Waals surface area contributed by atoms with E-state index in [4.69, 9.17) is 5.73 Å². The van der Waals surface area contributed by atoms with Crippen molar-refractivity contribution in [1.29, 1.82) is 0 Å². The maximum Gasteiger partial charge on any atom is 0.255 e. The zero-order chi connectivity index (χ0) is 30.5. The minimum Gasteiger partial charge on any atom is -0.510 e. The second-order valence-corrected chi connectivity index (χ2v) is 11.2. The first kappa shape index (κ1) is 30.0. The Balaban J connectivity index is 1.87. The van der Waals surface area contributed by atoms with Gasteiger partial charge in [0, 0.05) is 43.4 Å². The van der Waals surface area contributed by atoms with E-state index in [9.17, 15) is 39.6 Å². The number of fused-ring (bicyclic) bond motifs is 3.